The Morgan fingerprint density at radius 1 is 1.53 bits per heavy atom. The Labute approximate surface area is 94.4 Å². The van der Waals surface area contributed by atoms with Crippen LogP contribution in [0.1, 0.15) is 19.8 Å². The molecule has 4 heteroatoms. The number of halogens is 1. The van der Waals surface area contributed by atoms with Crippen LogP contribution >= 0.6 is 11.8 Å². The maximum atomic E-state index is 12.9. The van der Waals surface area contributed by atoms with Crippen molar-refractivity contribution >= 4 is 11.8 Å². The molecule has 0 amide bonds. The summed E-state index contributed by atoms with van der Waals surface area (Å²) in [5.74, 6) is 6.10. The quantitative estimate of drug-likeness (QED) is 0.446. The highest BCUT2D eigenvalue weighted by Gasteiger charge is 2.05. The van der Waals surface area contributed by atoms with E-state index in [1.54, 1.807) is 23.9 Å². The van der Waals surface area contributed by atoms with Gasteiger partial charge >= 0.3 is 0 Å². The zero-order chi connectivity index (χ0) is 11.1. The molecular weight excluding hydrogens is 211 g/mol. The third-order valence-electron chi connectivity index (χ3n) is 2.12. The molecule has 0 saturated carbocycles. The Morgan fingerprint density at radius 2 is 2.33 bits per heavy atom. The molecule has 1 rings (SSSR count). The van der Waals surface area contributed by atoms with Crippen LogP contribution in [0.5, 0.6) is 0 Å². The van der Waals surface area contributed by atoms with E-state index in [4.69, 9.17) is 5.84 Å². The minimum atomic E-state index is -0.187. The monoisotopic (exact) mass is 228 g/mol. The molecule has 0 fully saturated rings. The molecule has 0 saturated heterocycles. The van der Waals surface area contributed by atoms with Crippen molar-refractivity contribution in [3.05, 3.63) is 30.1 Å². The van der Waals surface area contributed by atoms with Crippen molar-refractivity contribution in [2.75, 3.05) is 5.75 Å². The first-order chi connectivity index (χ1) is 7.26. The van der Waals surface area contributed by atoms with Gasteiger partial charge in [0.05, 0.1) is 0 Å². The molecule has 1 aromatic carbocycles. The van der Waals surface area contributed by atoms with Gasteiger partial charge in [-0.25, -0.2) is 4.39 Å². The highest BCUT2D eigenvalue weighted by molar-refractivity contribution is 7.99. The summed E-state index contributed by atoms with van der Waals surface area (Å²) < 4.78 is 12.9. The number of benzene rings is 1. The van der Waals surface area contributed by atoms with Gasteiger partial charge in [0.15, 0.2) is 0 Å². The third kappa shape index (κ3) is 4.64. The van der Waals surface area contributed by atoms with Crippen molar-refractivity contribution in [2.24, 2.45) is 5.84 Å². The van der Waals surface area contributed by atoms with Crippen molar-refractivity contribution < 1.29 is 4.39 Å². The fraction of sp³-hybridized carbons (Fsp3) is 0.455. The van der Waals surface area contributed by atoms with E-state index in [9.17, 15) is 4.39 Å². The maximum Gasteiger partial charge on any atom is 0.124 e. The second-order valence-corrected chi connectivity index (χ2v) is 4.51. The lowest BCUT2D eigenvalue weighted by Gasteiger charge is -2.13. The van der Waals surface area contributed by atoms with E-state index in [1.165, 1.54) is 6.07 Å². The standard InChI is InChI=1S/C11H17FN2S/c1-2-4-10(14-13)8-15-11-6-3-5-9(12)7-11/h3,5-7,10,14H,2,4,8,13H2,1H3. The van der Waals surface area contributed by atoms with Crippen LogP contribution in [0.15, 0.2) is 29.2 Å². The van der Waals surface area contributed by atoms with Crippen LogP contribution in [0.3, 0.4) is 0 Å². The highest BCUT2D eigenvalue weighted by Crippen LogP contribution is 2.20. The van der Waals surface area contributed by atoms with Crippen molar-refractivity contribution in [1.29, 1.82) is 0 Å². The van der Waals surface area contributed by atoms with E-state index in [-0.39, 0.29) is 5.82 Å². The molecule has 0 heterocycles. The minimum Gasteiger partial charge on any atom is -0.271 e. The van der Waals surface area contributed by atoms with Crippen LogP contribution in [0.2, 0.25) is 0 Å². The van der Waals surface area contributed by atoms with Gasteiger partial charge in [-0.2, -0.15) is 0 Å². The maximum absolute atomic E-state index is 12.9. The molecule has 0 aromatic heterocycles. The number of hydrogen-bond acceptors (Lipinski definition) is 3. The molecule has 0 bridgehead atoms. The van der Waals surface area contributed by atoms with E-state index in [0.29, 0.717) is 6.04 Å². The lowest BCUT2D eigenvalue weighted by atomic mass is 10.2. The summed E-state index contributed by atoms with van der Waals surface area (Å²) >= 11 is 1.62. The minimum absolute atomic E-state index is 0.187. The Hall–Kier alpha value is -0.580. The van der Waals surface area contributed by atoms with Crippen LogP contribution < -0.4 is 11.3 Å². The van der Waals surface area contributed by atoms with Crippen molar-refractivity contribution in [3.8, 4) is 0 Å². The van der Waals surface area contributed by atoms with Crippen LogP contribution in [0.4, 0.5) is 4.39 Å². The predicted molar refractivity (Wildman–Crippen MR) is 63.1 cm³/mol. The largest absolute Gasteiger partial charge is 0.271 e. The van der Waals surface area contributed by atoms with Gasteiger partial charge in [-0.1, -0.05) is 19.4 Å². The van der Waals surface area contributed by atoms with E-state index >= 15 is 0 Å². The molecule has 1 unspecified atom stereocenters. The molecule has 15 heavy (non-hydrogen) atoms. The molecule has 0 radical (unpaired) electrons. The summed E-state index contributed by atoms with van der Waals surface area (Å²) in [6.45, 7) is 2.12. The summed E-state index contributed by atoms with van der Waals surface area (Å²) in [6, 6.07) is 6.93. The van der Waals surface area contributed by atoms with Crippen molar-refractivity contribution in [1.82, 2.24) is 5.43 Å². The fourth-order valence-corrected chi connectivity index (χ4v) is 2.34. The number of hydrazine groups is 1. The van der Waals surface area contributed by atoms with Crippen molar-refractivity contribution in [2.45, 2.75) is 30.7 Å². The summed E-state index contributed by atoms with van der Waals surface area (Å²) in [4.78, 5) is 0.950. The molecule has 0 aliphatic rings. The Kier molecular flexibility index (Phi) is 5.68. The van der Waals surface area contributed by atoms with E-state index < -0.39 is 0 Å². The molecule has 3 N–H and O–H groups in total. The zero-order valence-corrected chi connectivity index (χ0v) is 9.69. The molecule has 1 atom stereocenters. The van der Waals surface area contributed by atoms with Crippen LogP contribution in [-0.2, 0) is 0 Å². The molecular formula is C11H17FN2S. The fourth-order valence-electron chi connectivity index (χ4n) is 1.32. The highest BCUT2D eigenvalue weighted by atomic mass is 32.2. The number of nitrogens with two attached hydrogens (primary N) is 1. The first-order valence-corrected chi connectivity index (χ1v) is 6.09. The second-order valence-electron chi connectivity index (χ2n) is 3.42. The molecule has 2 nitrogen and oxygen atoms in total. The van der Waals surface area contributed by atoms with Crippen molar-refractivity contribution in [3.63, 3.8) is 0 Å². The zero-order valence-electron chi connectivity index (χ0n) is 8.87. The average Bonchev–Trinajstić information content (AvgIpc) is 2.24. The Balaban J connectivity index is 2.41. The first-order valence-electron chi connectivity index (χ1n) is 5.10. The molecule has 0 aliphatic carbocycles. The van der Waals surface area contributed by atoms with Gasteiger partial charge in [0, 0.05) is 16.7 Å². The number of nitrogens with one attached hydrogen (secondary N) is 1. The topological polar surface area (TPSA) is 38.0 Å². The normalized spacial score (nSPS) is 12.7. The van der Waals surface area contributed by atoms with Gasteiger partial charge < -0.3 is 0 Å². The summed E-state index contributed by atoms with van der Waals surface area (Å²) in [6.07, 6.45) is 2.14. The number of rotatable bonds is 6. The predicted octanol–water partition coefficient (Wildman–Crippen LogP) is 2.55. The smallest absolute Gasteiger partial charge is 0.124 e. The van der Waals surface area contributed by atoms with Gasteiger partial charge in [-0.15, -0.1) is 11.8 Å². The van der Waals surface area contributed by atoms with Gasteiger partial charge in [0.25, 0.3) is 0 Å². The Bertz CT molecular complexity index is 294. The molecule has 0 spiro atoms. The van der Waals surface area contributed by atoms with Crippen LogP contribution in [0, 0.1) is 5.82 Å². The first kappa shape index (κ1) is 12.5. The summed E-state index contributed by atoms with van der Waals surface area (Å²) in [7, 11) is 0. The Morgan fingerprint density at radius 3 is 2.93 bits per heavy atom. The number of hydrogen-bond donors (Lipinski definition) is 2. The third-order valence-corrected chi connectivity index (χ3v) is 3.28. The molecule has 84 valence electrons. The van der Waals surface area contributed by atoms with Gasteiger partial charge in [-0.05, 0) is 24.6 Å². The van der Waals surface area contributed by atoms with Gasteiger partial charge in [-0.3, -0.25) is 11.3 Å². The van der Waals surface area contributed by atoms with Crippen LogP contribution in [0.25, 0.3) is 0 Å². The summed E-state index contributed by atoms with van der Waals surface area (Å²) in [5, 5.41) is 0. The average molecular weight is 228 g/mol. The molecule has 0 aliphatic heterocycles. The summed E-state index contributed by atoms with van der Waals surface area (Å²) in [5.41, 5.74) is 2.77. The number of thioether (sulfide) groups is 1. The molecule has 1 aromatic rings. The van der Waals surface area contributed by atoms with E-state index in [1.807, 2.05) is 6.07 Å². The van der Waals surface area contributed by atoms with E-state index in [0.717, 1.165) is 23.5 Å². The SMILES string of the molecule is CCCC(CSc1cccc(F)c1)NN. The van der Waals surface area contributed by atoms with Crippen LogP contribution in [-0.4, -0.2) is 11.8 Å². The lowest BCUT2D eigenvalue weighted by molar-refractivity contribution is 0.532. The second kappa shape index (κ2) is 6.82. The van der Waals surface area contributed by atoms with E-state index in [2.05, 4.69) is 12.3 Å². The lowest BCUT2D eigenvalue weighted by Crippen LogP contribution is -2.36. The van der Waals surface area contributed by atoms with Gasteiger partial charge in [0.1, 0.15) is 5.82 Å². The van der Waals surface area contributed by atoms with Gasteiger partial charge in [0.2, 0.25) is 0 Å².